The van der Waals surface area contributed by atoms with Gasteiger partial charge in [-0.15, -0.1) is 0 Å². The van der Waals surface area contributed by atoms with E-state index in [1.54, 1.807) is 86.3 Å². The Kier molecular flexibility index (Phi) is 20.6. The molecule has 16 heteroatoms. The molecule has 0 unspecified atom stereocenters. The van der Waals surface area contributed by atoms with Crippen molar-refractivity contribution < 1.29 is 38.4 Å². The number of nitrogens with one attached hydrogen (secondary N) is 6. The molecule has 0 saturated carbocycles. The minimum Gasteiger partial charge on any atom is -0.343 e. The first kappa shape index (κ1) is 58.7. The first-order valence-corrected chi connectivity index (χ1v) is 28.8. The van der Waals surface area contributed by atoms with Crippen molar-refractivity contribution in [3.05, 3.63) is 130 Å². The van der Waals surface area contributed by atoms with Gasteiger partial charge in [-0.05, 0) is 175 Å². The number of nitrogens with zero attached hydrogens (tertiary/aromatic N) is 2. The van der Waals surface area contributed by atoms with Crippen molar-refractivity contribution >= 4 is 58.4 Å². The third kappa shape index (κ3) is 15.2. The fraction of sp³-hybridized carbons (Fsp3) is 0.469. The number of fused-ring (bicyclic) bond motifs is 2. The molecule has 8 rings (SSSR count). The fourth-order valence-corrected chi connectivity index (χ4v) is 11.9. The summed E-state index contributed by atoms with van der Waals surface area (Å²) in [4.78, 5) is 113. The zero-order chi connectivity index (χ0) is 56.7. The molecule has 4 aliphatic rings. The number of carbonyl (C=O) groups excluding carboxylic acids is 8. The summed E-state index contributed by atoms with van der Waals surface area (Å²) in [5.74, 6) is 4.28. The van der Waals surface area contributed by atoms with Crippen LogP contribution in [0.2, 0.25) is 0 Å². The van der Waals surface area contributed by atoms with Gasteiger partial charge in [-0.2, -0.15) is 0 Å². The number of hydrogen-bond donors (Lipinski definition) is 6. The number of hydrogen-bond acceptors (Lipinski definition) is 10. The van der Waals surface area contributed by atoms with Gasteiger partial charge in [0.05, 0.1) is 24.2 Å². The number of likely N-dealkylation sites (N-methyl/N-ethyl adjacent to an activating group) is 2. The summed E-state index contributed by atoms with van der Waals surface area (Å²) in [7, 11) is 3.30. The van der Waals surface area contributed by atoms with Crippen LogP contribution in [0.4, 0.5) is 11.4 Å². The van der Waals surface area contributed by atoms with Crippen LogP contribution in [0, 0.1) is 11.8 Å². The summed E-state index contributed by atoms with van der Waals surface area (Å²) in [5.41, 5.74) is 7.16. The molecule has 2 heterocycles. The highest BCUT2D eigenvalue weighted by Gasteiger charge is 2.41. The zero-order valence-electron chi connectivity index (χ0n) is 46.7. The Labute approximate surface area is 470 Å². The largest absolute Gasteiger partial charge is 0.343 e. The summed E-state index contributed by atoms with van der Waals surface area (Å²) in [6.45, 7) is 4.17. The highest BCUT2D eigenvalue weighted by molar-refractivity contribution is 5.97. The normalized spacial score (nSPS) is 19.9. The van der Waals surface area contributed by atoms with Crippen molar-refractivity contribution in [3.63, 3.8) is 0 Å². The van der Waals surface area contributed by atoms with E-state index in [1.165, 1.54) is 22.3 Å². The van der Waals surface area contributed by atoms with Gasteiger partial charge >= 0.3 is 0 Å². The Morgan fingerprint density at radius 3 is 1.35 bits per heavy atom. The molecule has 4 aromatic rings. The third-order valence-corrected chi connectivity index (χ3v) is 16.5. The Bertz CT molecular complexity index is 2790. The van der Waals surface area contributed by atoms with E-state index >= 15 is 0 Å². The van der Waals surface area contributed by atoms with Gasteiger partial charge in [0.25, 0.3) is 0 Å². The quantitative estimate of drug-likeness (QED) is 0.0451. The highest BCUT2D eigenvalue weighted by atomic mass is 16.2. The van der Waals surface area contributed by atoms with Crippen LogP contribution in [-0.4, -0.2) is 120 Å². The predicted molar refractivity (Wildman–Crippen MR) is 308 cm³/mol. The lowest BCUT2D eigenvalue weighted by Crippen LogP contribution is -2.54. The van der Waals surface area contributed by atoms with Crippen molar-refractivity contribution in [2.75, 3.05) is 37.8 Å². The van der Waals surface area contributed by atoms with E-state index in [9.17, 15) is 38.4 Å². The molecule has 2 fully saturated rings. The number of benzene rings is 4. The van der Waals surface area contributed by atoms with Crippen molar-refractivity contribution in [2.24, 2.45) is 0 Å². The molecule has 422 valence electrons. The van der Waals surface area contributed by atoms with E-state index < -0.39 is 36.3 Å². The Balaban J connectivity index is 0.852. The lowest BCUT2D eigenvalue weighted by Gasteiger charge is -2.31. The lowest BCUT2D eigenvalue weighted by molar-refractivity contribution is -0.141. The fourth-order valence-electron chi connectivity index (χ4n) is 11.9. The molecule has 4 aromatic carbocycles. The minimum atomic E-state index is -1.02. The van der Waals surface area contributed by atoms with Gasteiger partial charge in [-0.25, -0.2) is 0 Å². The van der Waals surface area contributed by atoms with Crippen molar-refractivity contribution in [1.29, 1.82) is 0 Å². The van der Waals surface area contributed by atoms with Crippen LogP contribution >= 0.6 is 0 Å². The average molecular weight is 1090 g/mol. The molecular formula is C64H78N8O8. The molecule has 0 spiro atoms. The van der Waals surface area contributed by atoms with Crippen molar-refractivity contribution in [2.45, 2.75) is 165 Å². The second-order valence-electron chi connectivity index (χ2n) is 22.0. The van der Waals surface area contributed by atoms with Gasteiger partial charge in [-0.1, -0.05) is 72.5 Å². The van der Waals surface area contributed by atoms with Crippen LogP contribution in [0.15, 0.2) is 97.1 Å². The SMILES string of the molecule is CN[C@@H](C)C(=O)N[C@@H](CCC(=O)Nc1cccc(C#Cc2cccc(NC(=O)CC[C@H](NC(=O)[C@H](C)NC)C(=O)N3CCC[C@H]3C(=O)C[C@@H]3CCCc4ccccc43)c2)c1)C(=O)N1CCC[C@H]1C(=O)C[C@@H]1CCCc2ccccc21. The van der Waals surface area contributed by atoms with Crippen molar-refractivity contribution in [3.8, 4) is 11.8 Å². The van der Waals surface area contributed by atoms with E-state index in [2.05, 4.69) is 68.0 Å². The molecule has 2 aliphatic heterocycles. The van der Waals surface area contributed by atoms with Gasteiger partial charge in [0, 0.05) is 61.3 Å². The Hall–Kier alpha value is -7.48. The first-order valence-electron chi connectivity index (χ1n) is 28.8. The van der Waals surface area contributed by atoms with Crippen LogP contribution in [0.5, 0.6) is 0 Å². The molecule has 2 saturated heterocycles. The predicted octanol–water partition coefficient (Wildman–Crippen LogP) is 6.85. The van der Waals surface area contributed by atoms with Gasteiger partial charge < -0.3 is 41.7 Å². The number of likely N-dealkylation sites (tertiary alicyclic amines) is 2. The van der Waals surface area contributed by atoms with E-state index in [0.29, 0.717) is 74.1 Å². The topological polar surface area (TPSA) is 215 Å². The zero-order valence-corrected chi connectivity index (χ0v) is 46.7. The number of aryl methyl sites for hydroxylation is 2. The maximum Gasteiger partial charge on any atom is 0.245 e. The van der Waals surface area contributed by atoms with Crippen LogP contribution < -0.4 is 31.9 Å². The van der Waals surface area contributed by atoms with E-state index in [4.69, 9.17) is 0 Å². The molecule has 2 aliphatic carbocycles. The van der Waals surface area contributed by atoms with Crippen LogP contribution in [-0.2, 0) is 51.2 Å². The maximum absolute atomic E-state index is 14.3. The molecule has 0 bridgehead atoms. The van der Waals surface area contributed by atoms with Gasteiger partial charge in [-0.3, -0.25) is 38.4 Å². The van der Waals surface area contributed by atoms with E-state index in [-0.39, 0.29) is 84.5 Å². The van der Waals surface area contributed by atoms with Gasteiger partial charge in [0.2, 0.25) is 35.4 Å². The summed E-state index contributed by atoms with van der Waals surface area (Å²) in [6.07, 6.45) is 8.91. The smallest absolute Gasteiger partial charge is 0.245 e. The Morgan fingerprint density at radius 2 is 0.938 bits per heavy atom. The van der Waals surface area contributed by atoms with Crippen LogP contribution in [0.3, 0.4) is 0 Å². The number of carbonyl (C=O) groups is 8. The third-order valence-electron chi connectivity index (χ3n) is 16.5. The minimum absolute atomic E-state index is 0.0236. The average Bonchev–Trinajstić information content (AvgIpc) is 4.21. The molecule has 6 N–H and O–H groups in total. The molecule has 8 atom stereocenters. The van der Waals surface area contributed by atoms with Crippen molar-refractivity contribution in [1.82, 2.24) is 31.1 Å². The van der Waals surface area contributed by atoms with E-state index in [0.717, 1.165) is 38.5 Å². The highest BCUT2D eigenvalue weighted by Crippen LogP contribution is 2.37. The maximum atomic E-state index is 14.3. The van der Waals surface area contributed by atoms with Crippen LogP contribution in [0.25, 0.3) is 0 Å². The molecule has 6 amide bonds. The molecular weight excluding hydrogens is 1010 g/mol. The summed E-state index contributed by atoms with van der Waals surface area (Å²) in [6, 6.07) is 26.2. The Morgan fingerprint density at radius 1 is 0.525 bits per heavy atom. The molecule has 16 nitrogen and oxygen atoms in total. The standard InChI is InChI=1S/C64H78N8O8/c1-41(65-3)61(77)69-53(63(79)71-35-13-27-55(71)57(73)39-47-21-11-19-45-17-5-7-25-51(45)47)31-33-59(75)67-49-23-9-15-43(37-49)29-30-44-16-10-24-50(38-44)68-60(76)34-32-54(70-62(78)42(2)66-4)64(80)72-36-14-28-56(72)58(74)40-48-22-12-20-46-18-6-8-26-52(46)48/h5-10,15-18,23-26,37-38,41-42,47-48,53-56,65-66H,11-14,19-22,27-28,31-36,39-40H2,1-4H3,(H,67,75)(H,68,76)(H,69,77)(H,70,78)/t41-,42-,47-,48-,53-,54-,55-,56-/m0/s1. The van der Waals surface area contributed by atoms with Gasteiger partial charge in [0.15, 0.2) is 11.6 Å². The monoisotopic (exact) mass is 1090 g/mol. The van der Waals surface area contributed by atoms with E-state index in [1.807, 2.05) is 24.3 Å². The second kappa shape index (κ2) is 28.1. The number of ketones is 2. The summed E-state index contributed by atoms with van der Waals surface area (Å²) < 4.78 is 0. The second-order valence-corrected chi connectivity index (χ2v) is 22.0. The summed E-state index contributed by atoms with van der Waals surface area (Å²) >= 11 is 0. The molecule has 0 aromatic heterocycles. The van der Waals surface area contributed by atoms with Gasteiger partial charge in [0.1, 0.15) is 12.1 Å². The lowest BCUT2D eigenvalue weighted by atomic mass is 9.79. The number of rotatable bonds is 22. The van der Waals surface area contributed by atoms with Crippen LogP contribution in [0.1, 0.15) is 149 Å². The first-order chi connectivity index (χ1) is 38.7. The summed E-state index contributed by atoms with van der Waals surface area (Å²) in [5, 5.41) is 17.3. The number of anilines is 2. The molecule has 80 heavy (non-hydrogen) atoms. The molecule has 0 radical (unpaired) electrons. The number of amides is 6. The number of Topliss-reactive ketones (excluding diaryl/α,β-unsaturated/α-hetero) is 2.